The van der Waals surface area contributed by atoms with E-state index in [0.717, 1.165) is 11.1 Å². The Balaban J connectivity index is 2.18. The van der Waals surface area contributed by atoms with Gasteiger partial charge in [0.2, 0.25) is 0 Å². The molecule has 2 aromatic carbocycles. The van der Waals surface area contributed by atoms with Crippen LogP contribution in [-0.4, -0.2) is 13.0 Å². The molecule has 0 heterocycles. The molecule has 0 aromatic heterocycles. The molecule has 24 heavy (non-hydrogen) atoms. The highest BCUT2D eigenvalue weighted by molar-refractivity contribution is 6.35. The minimum absolute atomic E-state index is 0.253. The number of hydrogen-bond donors (Lipinski definition) is 2. The third kappa shape index (κ3) is 4.89. The first-order valence-corrected chi connectivity index (χ1v) is 7.72. The van der Waals surface area contributed by atoms with Crippen LogP contribution in [0.2, 0.25) is 10.0 Å². The van der Waals surface area contributed by atoms with E-state index < -0.39 is 5.91 Å². The van der Waals surface area contributed by atoms with Gasteiger partial charge in [-0.2, -0.15) is 0 Å². The Labute approximate surface area is 149 Å². The van der Waals surface area contributed by atoms with E-state index in [1.807, 2.05) is 5.43 Å². The zero-order valence-corrected chi connectivity index (χ0v) is 14.4. The summed E-state index contributed by atoms with van der Waals surface area (Å²) in [4.78, 5) is 11.2. The number of rotatable bonds is 6. The second kappa shape index (κ2) is 8.59. The van der Waals surface area contributed by atoms with Crippen LogP contribution >= 0.6 is 23.2 Å². The summed E-state index contributed by atoms with van der Waals surface area (Å²) in [7, 11) is 1.55. The maximum Gasteiger partial charge on any atom is 0.257 e. The summed E-state index contributed by atoms with van der Waals surface area (Å²) in [5.74, 6) is 5.73. The molecule has 1 amide bonds. The zero-order chi connectivity index (χ0) is 17.5. The summed E-state index contributed by atoms with van der Waals surface area (Å²) in [5, 5.41) is 1.09. The Morgan fingerprint density at radius 2 is 2.00 bits per heavy atom. The predicted molar refractivity (Wildman–Crippen MR) is 95.2 cm³/mol. The predicted octanol–water partition coefficient (Wildman–Crippen LogP) is 3.58. The minimum Gasteiger partial charge on any atom is -0.493 e. The number of carbonyl (C=O) groups is 1. The number of amides is 1. The van der Waals surface area contributed by atoms with Crippen molar-refractivity contribution in [1.29, 1.82) is 0 Å². The monoisotopic (exact) mass is 366 g/mol. The fraction of sp³-hybridized carbons (Fsp3) is 0.118. The lowest BCUT2D eigenvalue weighted by molar-refractivity contribution is -0.116. The fourth-order valence-corrected chi connectivity index (χ4v) is 2.39. The van der Waals surface area contributed by atoms with Crippen molar-refractivity contribution >= 4 is 35.2 Å². The highest BCUT2D eigenvalue weighted by atomic mass is 35.5. The first-order chi connectivity index (χ1) is 11.5. The number of nitrogens with one attached hydrogen (secondary N) is 1. The molecule has 7 heteroatoms. The largest absolute Gasteiger partial charge is 0.493 e. The molecule has 3 N–H and O–H groups in total. The van der Waals surface area contributed by atoms with Crippen molar-refractivity contribution in [2.45, 2.75) is 6.61 Å². The van der Waals surface area contributed by atoms with Crippen LogP contribution < -0.4 is 20.7 Å². The van der Waals surface area contributed by atoms with Crippen LogP contribution in [0.4, 0.5) is 0 Å². The first-order valence-electron chi connectivity index (χ1n) is 6.97. The van der Waals surface area contributed by atoms with Crippen molar-refractivity contribution in [3.8, 4) is 11.5 Å². The number of methoxy groups -OCH3 is 1. The van der Waals surface area contributed by atoms with E-state index in [4.69, 9.17) is 38.5 Å². The van der Waals surface area contributed by atoms with Gasteiger partial charge in [0.05, 0.1) is 7.11 Å². The second-order valence-electron chi connectivity index (χ2n) is 4.78. The second-order valence-corrected chi connectivity index (χ2v) is 5.62. The Kier molecular flexibility index (Phi) is 6.49. The van der Waals surface area contributed by atoms with E-state index in [-0.39, 0.29) is 6.61 Å². The highest BCUT2D eigenvalue weighted by Gasteiger charge is 2.08. The van der Waals surface area contributed by atoms with Crippen molar-refractivity contribution < 1.29 is 14.3 Å². The molecule has 0 bridgehead atoms. The normalized spacial score (nSPS) is 10.7. The summed E-state index contributed by atoms with van der Waals surface area (Å²) in [5.41, 5.74) is 3.58. The van der Waals surface area contributed by atoms with E-state index >= 15 is 0 Å². The van der Waals surface area contributed by atoms with Crippen LogP contribution in [0.3, 0.4) is 0 Å². The lowest BCUT2D eigenvalue weighted by Gasteiger charge is -2.12. The van der Waals surface area contributed by atoms with E-state index in [1.54, 1.807) is 49.6 Å². The van der Waals surface area contributed by atoms with Gasteiger partial charge in [-0.15, -0.1) is 0 Å². The number of hydrazine groups is 1. The van der Waals surface area contributed by atoms with Gasteiger partial charge in [-0.05, 0) is 35.9 Å². The molecule has 0 aliphatic heterocycles. The third-order valence-corrected chi connectivity index (χ3v) is 3.74. The molecule has 0 saturated heterocycles. The lowest BCUT2D eigenvalue weighted by atomic mass is 10.2. The maximum atomic E-state index is 11.2. The van der Waals surface area contributed by atoms with Crippen molar-refractivity contribution in [2.75, 3.05) is 7.11 Å². The van der Waals surface area contributed by atoms with Gasteiger partial charge in [0.1, 0.15) is 6.61 Å². The molecule has 0 aliphatic rings. The molecule has 0 saturated carbocycles. The molecule has 0 fully saturated rings. The van der Waals surface area contributed by atoms with Crippen molar-refractivity contribution in [3.05, 3.63) is 63.6 Å². The van der Waals surface area contributed by atoms with E-state index in [9.17, 15) is 4.79 Å². The summed E-state index contributed by atoms with van der Waals surface area (Å²) in [6.07, 6.45) is 2.94. The Morgan fingerprint density at radius 1 is 1.21 bits per heavy atom. The van der Waals surface area contributed by atoms with Crippen molar-refractivity contribution in [3.63, 3.8) is 0 Å². The third-order valence-electron chi connectivity index (χ3n) is 3.16. The fourth-order valence-electron chi connectivity index (χ4n) is 1.92. The van der Waals surface area contributed by atoms with Crippen LogP contribution in [-0.2, 0) is 11.4 Å². The molecule has 0 radical (unpaired) electrons. The van der Waals surface area contributed by atoms with Crippen LogP contribution in [0.25, 0.3) is 6.08 Å². The van der Waals surface area contributed by atoms with Crippen molar-refractivity contribution in [1.82, 2.24) is 5.43 Å². The molecule has 126 valence electrons. The van der Waals surface area contributed by atoms with Gasteiger partial charge < -0.3 is 9.47 Å². The lowest BCUT2D eigenvalue weighted by Crippen LogP contribution is -2.27. The average molecular weight is 367 g/mol. The van der Waals surface area contributed by atoms with Crippen LogP contribution in [0, 0.1) is 0 Å². The Morgan fingerprint density at radius 3 is 2.67 bits per heavy atom. The van der Waals surface area contributed by atoms with E-state index in [2.05, 4.69) is 0 Å². The topological polar surface area (TPSA) is 73.6 Å². The molecule has 0 unspecified atom stereocenters. The van der Waals surface area contributed by atoms with E-state index in [1.165, 1.54) is 6.08 Å². The number of halogens is 2. The number of carbonyl (C=O) groups excluding carboxylic acids is 1. The molecule has 0 aliphatic carbocycles. The van der Waals surface area contributed by atoms with Gasteiger partial charge >= 0.3 is 0 Å². The minimum atomic E-state index is -0.402. The smallest absolute Gasteiger partial charge is 0.257 e. The molecular formula is C17H16Cl2N2O3. The standard InChI is InChI=1S/C17H16Cl2N2O3/c1-23-15-6-2-11(3-7-17(22)21-20)8-16(15)24-10-12-4-5-13(18)9-14(12)19/h2-9H,10,20H2,1H3,(H,21,22)/b7-3+. The summed E-state index contributed by atoms with van der Waals surface area (Å²) < 4.78 is 11.1. The average Bonchev–Trinajstić information content (AvgIpc) is 2.58. The summed E-state index contributed by atoms with van der Waals surface area (Å²) in [6, 6.07) is 10.5. The summed E-state index contributed by atoms with van der Waals surface area (Å²) >= 11 is 12.0. The number of nitrogens with two attached hydrogens (primary N) is 1. The Bertz CT molecular complexity index is 763. The van der Waals surface area contributed by atoms with Gasteiger partial charge in [-0.1, -0.05) is 35.3 Å². The Hall–Kier alpha value is -2.21. The maximum absolute atomic E-state index is 11.2. The molecule has 0 atom stereocenters. The van der Waals surface area contributed by atoms with Crippen LogP contribution in [0.15, 0.2) is 42.5 Å². The van der Waals surface area contributed by atoms with Crippen LogP contribution in [0.5, 0.6) is 11.5 Å². The molecule has 2 rings (SSSR count). The van der Waals surface area contributed by atoms with Gasteiger partial charge in [0, 0.05) is 21.7 Å². The van der Waals surface area contributed by atoms with Crippen LogP contribution in [0.1, 0.15) is 11.1 Å². The molecule has 0 spiro atoms. The first kappa shape index (κ1) is 18.1. The molecule has 2 aromatic rings. The zero-order valence-electron chi connectivity index (χ0n) is 12.9. The number of benzene rings is 2. The molecule has 5 nitrogen and oxygen atoms in total. The van der Waals surface area contributed by atoms with Gasteiger partial charge in [-0.3, -0.25) is 10.2 Å². The van der Waals surface area contributed by atoms with Gasteiger partial charge in [-0.25, -0.2) is 5.84 Å². The van der Waals surface area contributed by atoms with Crippen molar-refractivity contribution in [2.24, 2.45) is 5.84 Å². The summed E-state index contributed by atoms with van der Waals surface area (Å²) in [6.45, 7) is 0.253. The van der Waals surface area contributed by atoms with Gasteiger partial charge in [0.15, 0.2) is 11.5 Å². The molecular weight excluding hydrogens is 351 g/mol. The number of ether oxygens (including phenoxy) is 2. The number of hydrogen-bond acceptors (Lipinski definition) is 4. The van der Waals surface area contributed by atoms with Gasteiger partial charge in [0.25, 0.3) is 5.91 Å². The SMILES string of the molecule is COc1ccc(/C=C/C(=O)NN)cc1OCc1ccc(Cl)cc1Cl. The quantitative estimate of drug-likeness (QED) is 0.354. The highest BCUT2D eigenvalue weighted by Crippen LogP contribution is 2.30. The van der Waals surface area contributed by atoms with E-state index in [0.29, 0.717) is 21.5 Å².